The van der Waals surface area contributed by atoms with Crippen molar-refractivity contribution in [2.75, 3.05) is 6.54 Å². The third kappa shape index (κ3) is 3.50. The molecule has 2 heterocycles. The first-order chi connectivity index (χ1) is 10.2. The second kappa shape index (κ2) is 6.39. The molecule has 1 amide bonds. The van der Waals surface area contributed by atoms with Crippen LogP contribution >= 0.6 is 11.3 Å². The fourth-order valence-corrected chi connectivity index (χ4v) is 3.82. The van der Waals surface area contributed by atoms with Crippen LogP contribution in [0.25, 0.3) is 0 Å². The Bertz CT molecular complexity index is 605. The number of thiophene rings is 1. The Kier molecular flexibility index (Phi) is 4.34. The minimum atomic E-state index is 0.0562. The van der Waals surface area contributed by atoms with Gasteiger partial charge in [0.2, 0.25) is 0 Å². The van der Waals surface area contributed by atoms with Gasteiger partial charge in [0.15, 0.2) is 0 Å². The number of nitrogens with one attached hydrogen (secondary N) is 1. The van der Waals surface area contributed by atoms with E-state index in [-0.39, 0.29) is 5.91 Å². The summed E-state index contributed by atoms with van der Waals surface area (Å²) in [6.45, 7) is 3.72. The first-order valence-electron chi connectivity index (χ1n) is 7.44. The van der Waals surface area contributed by atoms with Crippen LogP contribution in [0.5, 0.6) is 0 Å². The second-order valence-corrected chi connectivity index (χ2v) is 6.81. The summed E-state index contributed by atoms with van der Waals surface area (Å²) < 4.78 is 1.78. The third-order valence-electron chi connectivity index (χ3n) is 3.87. The zero-order valence-corrected chi connectivity index (χ0v) is 13.0. The Labute approximate surface area is 128 Å². The van der Waals surface area contributed by atoms with Crippen molar-refractivity contribution in [2.24, 2.45) is 5.92 Å². The number of hydrogen-bond acceptors (Lipinski definition) is 4. The molecule has 21 heavy (non-hydrogen) atoms. The summed E-state index contributed by atoms with van der Waals surface area (Å²) in [6, 6.07) is 2.09. The lowest BCUT2D eigenvalue weighted by molar-refractivity contribution is 0.0956. The standard InChI is InChI=1S/C15H20N4OS/c1-11-3-4-13-12(7-11)8-14(21-13)15(20)17-5-2-6-19-10-16-9-18-19/h8-11H,2-7H2,1H3,(H,17,20)/t11-/m0/s1. The SMILES string of the molecule is C[C@H]1CCc2sc(C(=O)NCCCn3cncn3)cc2C1. The van der Waals surface area contributed by atoms with E-state index in [1.54, 1.807) is 22.3 Å². The van der Waals surface area contributed by atoms with Crippen LogP contribution in [-0.2, 0) is 19.4 Å². The molecule has 0 radical (unpaired) electrons. The number of fused-ring (bicyclic) bond motifs is 1. The summed E-state index contributed by atoms with van der Waals surface area (Å²) in [5.74, 6) is 0.798. The zero-order chi connectivity index (χ0) is 14.7. The Hall–Kier alpha value is -1.69. The van der Waals surface area contributed by atoms with Gasteiger partial charge < -0.3 is 5.32 Å². The molecule has 5 nitrogen and oxygen atoms in total. The average molecular weight is 304 g/mol. The maximum absolute atomic E-state index is 12.2. The van der Waals surface area contributed by atoms with Gasteiger partial charge in [-0.05, 0) is 43.2 Å². The molecule has 0 unspecified atom stereocenters. The number of rotatable bonds is 5. The molecule has 0 saturated carbocycles. The van der Waals surface area contributed by atoms with E-state index in [2.05, 4.69) is 28.4 Å². The summed E-state index contributed by atoms with van der Waals surface area (Å²) in [4.78, 5) is 18.3. The summed E-state index contributed by atoms with van der Waals surface area (Å²) in [7, 11) is 0. The van der Waals surface area contributed by atoms with Crippen molar-refractivity contribution >= 4 is 17.2 Å². The van der Waals surface area contributed by atoms with Gasteiger partial charge in [0.05, 0.1) is 4.88 Å². The van der Waals surface area contributed by atoms with Crippen molar-refractivity contribution in [1.82, 2.24) is 20.1 Å². The lowest BCUT2D eigenvalue weighted by Crippen LogP contribution is -2.24. The van der Waals surface area contributed by atoms with Gasteiger partial charge in [-0.2, -0.15) is 5.10 Å². The van der Waals surface area contributed by atoms with Gasteiger partial charge in [-0.1, -0.05) is 6.92 Å². The normalized spacial score (nSPS) is 17.5. The van der Waals surface area contributed by atoms with Crippen molar-refractivity contribution in [3.05, 3.63) is 34.0 Å². The van der Waals surface area contributed by atoms with Crippen LogP contribution in [-0.4, -0.2) is 27.2 Å². The molecule has 1 atom stereocenters. The molecule has 0 aliphatic heterocycles. The van der Waals surface area contributed by atoms with Gasteiger partial charge in [0.25, 0.3) is 5.91 Å². The summed E-state index contributed by atoms with van der Waals surface area (Å²) in [6.07, 6.45) is 7.56. The number of aryl methyl sites for hydroxylation is 2. The number of nitrogens with zero attached hydrogens (tertiary/aromatic N) is 3. The molecule has 2 aromatic heterocycles. The lowest BCUT2D eigenvalue weighted by atomic mass is 9.90. The van der Waals surface area contributed by atoms with E-state index < -0.39 is 0 Å². The molecule has 1 aliphatic rings. The van der Waals surface area contributed by atoms with E-state index in [1.165, 1.54) is 23.2 Å². The number of carbonyl (C=O) groups excluding carboxylic acids is 1. The van der Waals surface area contributed by atoms with Gasteiger partial charge in [0.1, 0.15) is 12.7 Å². The van der Waals surface area contributed by atoms with Gasteiger partial charge in [-0.15, -0.1) is 11.3 Å². The van der Waals surface area contributed by atoms with E-state index >= 15 is 0 Å². The number of aromatic nitrogens is 3. The fourth-order valence-electron chi connectivity index (χ4n) is 2.70. The van der Waals surface area contributed by atoms with Crippen molar-refractivity contribution < 1.29 is 4.79 Å². The monoisotopic (exact) mass is 304 g/mol. The Balaban J connectivity index is 1.49. The molecule has 0 fully saturated rings. The van der Waals surface area contributed by atoms with E-state index in [9.17, 15) is 4.79 Å². The molecular formula is C15H20N4OS. The largest absolute Gasteiger partial charge is 0.351 e. The van der Waals surface area contributed by atoms with Gasteiger partial charge in [-0.3, -0.25) is 9.48 Å². The highest BCUT2D eigenvalue weighted by Gasteiger charge is 2.20. The molecular weight excluding hydrogens is 284 g/mol. The number of carbonyl (C=O) groups is 1. The quantitative estimate of drug-likeness (QED) is 0.862. The van der Waals surface area contributed by atoms with Crippen LogP contribution in [0.3, 0.4) is 0 Å². The maximum Gasteiger partial charge on any atom is 0.261 e. The van der Waals surface area contributed by atoms with E-state index in [1.807, 2.05) is 0 Å². The number of amides is 1. The molecule has 3 rings (SSSR count). The number of hydrogen-bond donors (Lipinski definition) is 1. The van der Waals surface area contributed by atoms with Crippen LogP contribution in [0.15, 0.2) is 18.7 Å². The smallest absolute Gasteiger partial charge is 0.261 e. The van der Waals surface area contributed by atoms with Crippen LogP contribution in [0, 0.1) is 5.92 Å². The molecule has 1 aliphatic carbocycles. The van der Waals surface area contributed by atoms with Crippen LogP contribution in [0.1, 0.15) is 39.9 Å². The minimum Gasteiger partial charge on any atom is -0.351 e. The van der Waals surface area contributed by atoms with E-state index in [0.29, 0.717) is 6.54 Å². The Morgan fingerprint density at radius 1 is 1.57 bits per heavy atom. The maximum atomic E-state index is 12.2. The summed E-state index contributed by atoms with van der Waals surface area (Å²) in [5, 5.41) is 7.03. The first kappa shape index (κ1) is 14.3. The molecule has 0 saturated heterocycles. The van der Waals surface area contributed by atoms with Gasteiger partial charge >= 0.3 is 0 Å². The zero-order valence-electron chi connectivity index (χ0n) is 12.2. The predicted molar refractivity (Wildman–Crippen MR) is 82.5 cm³/mol. The van der Waals surface area contributed by atoms with Gasteiger partial charge in [-0.25, -0.2) is 4.98 Å². The molecule has 6 heteroatoms. The third-order valence-corrected chi connectivity index (χ3v) is 5.11. The highest BCUT2D eigenvalue weighted by Crippen LogP contribution is 2.32. The van der Waals surface area contributed by atoms with Crippen LogP contribution < -0.4 is 5.32 Å². The lowest BCUT2D eigenvalue weighted by Gasteiger charge is -2.16. The average Bonchev–Trinajstić information content (AvgIpc) is 3.11. The molecule has 0 spiro atoms. The molecule has 112 valence electrons. The molecule has 0 bridgehead atoms. The Morgan fingerprint density at radius 2 is 2.48 bits per heavy atom. The van der Waals surface area contributed by atoms with Gasteiger partial charge in [0, 0.05) is 18.0 Å². The highest BCUT2D eigenvalue weighted by molar-refractivity contribution is 7.14. The molecule has 1 N–H and O–H groups in total. The van der Waals surface area contributed by atoms with Crippen LogP contribution in [0.2, 0.25) is 0 Å². The summed E-state index contributed by atoms with van der Waals surface area (Å²) in [5.41, 5.74) is 1.38. The fraction of sp³-hybridized carbons (Fsp3) is 0.533. The first-order valence-corrected chi connectivity index (χ1v) is 8.26. The van der Waals surface area contributed by atoms with Crippen molar-refractivity contribution in [1.29, 1.82) is 0 Å². The highest BCUT2D eigenvalue weighted by atomic mass is 32.1. The Morgan fingerprint density at radius 3 is 3.29 bits per heavy atom. The topological polar surface area (TPSA) is 59.8 Å². The van der Waals surface area contributed by atoms with Crippen LogP contribution in [0.4, 0.5) is 0 Å². The molecule has 2 aromatic rings. The second-order valence-electron chi connectivity index (χ2n) is 5.68. The molecule has 0 aromatic carbocycles. The van der Waals surface area contributed by atoms with Crippen molar-refractivity contribution in [3.63, 3.8) is 0 Å². The minimum absolute atomic E-state index is 0.0562. The van der Waals surface area contributed by atoms with E-state index in [4.69, 9.17) is 0 Å². The van der Waals surface area contributed by atoms with E-state index in [0.717, 1.165) is 36.6 Å². The summed E-state index contributed by atoms with van der Waals surface area (Å²) >= 11 is 1.66. The van der Waals surface area contributed by atoms with Crippen molar-refractivity contribution in [3.8, 4) is 0 Å². The predicted octanol–water partition coefficient (Wildman–Crippen LogP) is 2.28. The van der Waals surface area contributed by atoms with Crippen molar-refractivity contribution in [2.45, 2.75) is 39.2 Å².